The zero-order valence-corrected chi connectivity index (χ0v) is 15.9. The number of guanidine groups is 1. The number of likely N-dealkylation sites (tertiary alicyclic amines) is 1. The van der Waals surface area contributed by atoms with E-state index in [4.69, 9.17) is 5.73 Å². The third kappa shape index (κ3) is 8.22. The highest BCUT2D eigenvalue weighted by Crippen LogP contribution is 2.11. The van der Waals surface area contributed by atoms with Crippen molar-refractivity contribution in [1.82, 2.24) is 10.2 Å². The Morgan fingerprint density at radius 2 is 1.82 bits per heavy atom. The highest BCUT2D eigenvalue weighted by atomic mass is 79.9. The van der Waals surface area contributed by atoms with E-state index in [1.54, 1.807) is 0 Å². The number of benzene rings is 1. The van der Waals surface area contributed by atoms with Gasteiger partial charge in [-0.2, -0.15) is 0 Å². The summed E-state index contributed by atoms with van der Waals surface area (Å²) < 4.78 is 1.08. The second kappa shape index (κ2) is 12.0. The Kier molecular flexibility index (Phi) is 11.7. The number of aliphatic imine (C=N–C) groups is 1. The van der Waals surface area contributed by atoms with Gasteiger partial charge in [0.15, 0.2) is 5.96 Å². The van der Waals surface area contributed by atoms with E-state index in [9.17, 15) is 0 Å². The van der Waals surface area contributed by atoms with Crippen molar-refractivity contribution in [3.05, 3.63) is 34.3 Å². The third-order valence-corrected chi connectivity index (χ3v) is 4.03. The molecule has 0 aliphatic carbocycles. The van der Waals surface area contributed by atoms with E-state index >= 15 is 0 Å². The third-order valence-electron chi connectivity index (χ3n) is 3.50. The standard InChI is InChI=1S/C15H23BrN4.2ClH/c16-14-6-4-13(5-7-14)12-19-15(17)18-8-3-11-20-9-1-2-10-20;;/h4-7H,1-3,8-12H2,(H3,17,18,19);2*1H. The fraction of sp³-hybridized carbons (Fsp3) is 0.533. The van der Waals surface area contributed by atoms with Gasteiger partial charge >= 0.3 is 0 Å². The van der Waals surface area contributed by atoms with Crippen LogP contribution in [0.3, 0.4) is 0 Å². The van der Waals surface area contributed by atoms with Crippen LogP contribution in [0.2, 0.25) is 0 Å². The van der Waals surface area contributed by atoms with Crippen LogP contribution < -0.4 is 11.1 Å². The molecule has 1 aliphatic heterocycles. The van der Waals surface area contributed by atoms with Gasteiger partial charge in [-0.3, -0.25) is 0 Å². The Hall–Kier alpha value is -0.490. The second-order valence-corrected chi connectivity index (χ2v) is 6.07. The molecule has 1 fully saturated rings. The molecule has 0 aromatic heterocycles. The van der Waals surface area contributed by atoms with Gasteiger partial charge in [0.25, 0.3) is 0 Å². The molecule has 126 valence electrons. The Balaban J connectivity index is 0.00000220. The van der Waals surface area contributed by atoms with E-state index < -0.39 is 0 Å². The molecule has 7 heteroatoms. The number of nitrogens with one attached hydrogen (secondary N) is 1. The maximum absolute atomic E-state index is 5.86. The van der Waals surface area contributed by atoms with E-state index in [0.717, 1.165) is 29.5 Å². The Labute approximate surface area is 153 Å². The number of halogens is 3. The molecule has 2 rings (SSSR count). The van der Waals surface area contributed by atoms with Crippen LogP contribution in [0.15, 0.2) is 33.7 Å². The van der Waals surface area contributed by atoms with Crippen molar-refractivity contribution in [2.24, 2.45) is 10.7 Å². The average Bonchev–Trinajstić information content (AvgIpc) is 2.96. The molecule has 1 saturated heterocycles. The smallest absolute Gasteiger partial charge is 0.188 e. The monoisotopic (exact) mass is 410 g/mol. The predicted octanol–water partition coefficient (Wildman–Crippen LogP) is 3.18. The maximum atomic E-state index is 5.86. The van der Waals surface area contributed by atoms with Gasteiger partial charge in [0.1, 0.15) is 0 Å². The minimum atomic E-state index is 0. The molecular weight excluding hydrogens is 387 g/mol. The normalized spacial score (nSPS) is 15.0. The minimum absolute atomic E-state index is 0. The van der Waals surface area contributed by atoms with Gasteiger partial charge in [0, 0.05) is 11.0 Å². The first-order valence-corrected chi connectivity index (χ1v) is 8.04. The number of rotatable bonds is 6. The van der Waals surface area contributed by atoms with Gasteiger partial charge in [-0.1, -0.05) is 28.1 Å². The van der Waals surface area contributed by atoms with Crippen LogP contribution in [-0.2, 0) is 6.54 Å². The summed E-state index contributed by atoms with van der Waals surface area (Å²) >= 11 is 3.42. The van der Waals surface area contributed by atoms with Gasteiger partial charge in [0.05, 0.1) is 6.54 Å². The summed E-state index contributed by atoms with van der Waals surface area (Å²) in [5.74, 6) is 0.536. The molecule has 3 N–H and O–H groups in total. The number of nitrogens with zero attached hydrogens (tertiary/aromatic N) is 2. The molecule has 0 atom stereocenters. The predicted molar refractivity (Wildman–Crippen MR) is 102 cm³/mol. The summed E-state index contributed by atoms with van der Waals surface area (Å²) in [6.07, 6.45) is 3.82. The minimum Gasteiger partial charge on any atom is -0.370 e. The van der Waals surface area contributed by atoms with Gasteiger partial charge in [-0.25, -0.2) is 4.99 Å². The fourth-order valence-corrected chi connectivity index (χ4v) is 2.61. The zero-order chi connectivity index (χ0) is 14.2. The highest BCUT2D eigenvalue weighted by molar-refractivity contribution is 9.10. The summed E-state index contributed by atoms with van der Waals surface area (Å²) in [4.78, 5) is 6.86. The molecule has 4 nitrogen and oxygen atoms in total. The van der Waals surface area contributed by atoms with Crippen LogP contribution in [0.5, 0.6) is 0 Å². The van der Waals surface area contributed by atoms with Gasteiger partial charge < -0.3 is 16.0 Å². The van der Waals surface area contributed by atoms with E-state index in [1.165, 1.54) is 25.9 Å². The summed E-state index contributed by atoms with van der Waals surface area (Å²) in [7, 11) is 0. The van der Waals surface area contributed by atoms with Crippen molar-refractivity contribution in [2.45, 2.75) is 25.8 Å². The second-order valence-electron chi connectivity index (χ2n) is 5.16. The lowest BCUT2D eigenvalue weighted by Gasteiger charge is -2.14. The van der Waals surface area contributed by atoms with Crippen LogP contribution in [0.25, 0.3) is 0 Å². The molecular formula is C15H25BrCl2N4. The number of hydrogen-bond acceptors (Lipinski definition) is 2. The van der Waals surface area contributed by atoms with Gasteiger partial charge in [0.2, 0.25) is 0 Å². The first-order valence-electron chi connectivity index (χ1n) is 7.24. The summed E-state index contributed by atoms with van der Waals surface area (Å²) in [6, 6.07) is 8.14. The molecule has 0 amide bonds. The molecule has 22 heavy (non-hydrogen) atoms. The largest absolute Gasteiger partial charge is 0.370 e. The Morgan fingerprint density at radius 1 is 1.18 bits per heavy atom. The summed E-state index contributed by atoms with van der Waals surface area (Å²) in [5.41, 5.74) is 7.02. The fourth-order valence-electron chi connectivity index (χ4n) is 2.35. The van der Waals surface area contributed by atoms with Crippen LogP contribution in [0, 0.1) is 0 Å². The molecule has 0 bridgehead atoms. The first-order chi connectivity index (χ1) is 9.74. The lowest BCUT2D eigenvalue weighted by Crippen LogP contribution is -2.34. The van der Waals surface area contributed by atoms with Crippen LogP contribution in [0.4, 0.5) is 0 Å². The molecule has 1 aliphatic rings. The zero-order valence-electron chi connectivity index (χ0n) is 12.6. The van der Waals surface area contributed by atoms with Crippen LogP contribution in [0.1, 0.15) is 24.8 Å². The Bertz CT molecular complexity index is 434. The molecule has 0 radical (unpaired) electrons. The van der Waals surface area contributed by atoms with Gasteiger partial charge in [-0.05, 0) is 56.6 Å². The molecule has 0 unspecified atom stereocenters. The van der Waals surface area contributed by atoms with Crippen molar-refractivity contribution >= 4 is 46.7 Å². The lowest BCUT2D eigenvalue weighted by atomic mass is 10.2. The van der Waals surface area contributed by atoms with Crippen molar-refractivity contribution in [3.63, 3.8) is 0 Å². The van der Waals surface area contributed by atoms with E-state index in [2.05, 4.69) is 31.1 Å². The van der Waals surface area contributed by atoms with Crippen molar-refractivity contribution in [1.29, 1.82) is 0 Å². The van der Waals surface area contributed by atoms with Gasteiger partial charge in [-0.15, -0.1) is 24.8 Å². The Morgan fingerprint density at radius 3 is 2.45 bits per heavy atom. The maximum Gasteiger partial charge on any atom is 0.188 e. The number of nitrogens with two attached hydrogens (primary N) is 1. The summed E-state index contributed by atoms with van der Waals surface area (Å²) in [6.45, 7) is 5.19. The first kappa shape index (κ1) is 21.5. The summed E-state index contributed by atoms with van der Waals surface area (Å²) in [5, 5.41) is 3.18. The molecule has 1 heterocycles. The van der Waals surface area contributed by atoms with Crippen molar-refractivity contribution in [3.8, 4) is 0 Å². The number of hydrogen-bond donors (Lipinski definition) is 2. The topological polar surface area (TPSA) is 53.6 Å². The van der Waals surface area contributed by atoms with Crippen LogP contribution >= 0.6 is 40.7 Å². The molecule has 1 aromatic carbocycles. The quantitative estimate of drug-likeness (QED) is 0.429. The SMILES string of the molecule is Cl.Cl.NC(=NCc1ccc(Br)cc1)NCCCN1CCCC1. The molecule has 0 spiro atoms. The lowest BCUT2D eigenvalue weighted by molar-refractivity contribution is 0.334. The van der Waals surface area contributed by atoms with Crippen molar-refractivity contribution in [2.75, 3.05) is 26.2 Å². The average molecular weight is 412 g/mol. The van der Waals surface area contributed by atoms with E-state index in [1.807, 2.05) is 24.3 Å². The van der Waals surface area contributed by atoms with Crippen molar-refractivity contribution < 1.29 is 0 Å². The van der Waals surface area contributed by atoms with Crippen LogP contribution in [-0.4, -0.2) is 37.0 Å². The van der Waals surface area contributed by atoms with E-state index in [0.29, 0.717) is 12.5 Å². The molecule has 0 saturated carbocycles. The van der Waals surface area contributed by atoms with E-state index in [-0.39, 0.29) is 24.8 Å². The highest BCUT2D eigenvalue weighted by Gasteiger charge is 2.09. The molecule has 1 aromatic rings.